The molecule has 0 fully saturated rings. The molecular formula is C15H13ClFN3O2. The van der Waals surface area contributed by atoms with Gasteiger partial charge in [0.2, 0.25) is 0 Å². The fraction of sp³-hybridized carbons (Fsp3) is 0.267. The molecular weight excluding hydrogens is 309 g/mol. The van der Waals surface area contributed by atoms with Gasteiger partial charge in [0.15, 0.2) is 0 Å². The number of nitriles is 1. The van der Waals surface area contributed by atoms with Crippen LogP contribution in [0.15, 0.2) is 18.3 Å². The number of aliphatic carboxylic acids is 1. The number of carbonyl (C=O) groups is 1. The zero-order valence-electron chi connectivity index (χ0n) is 12.0. The Morgan fingerprint density at radius 1 is 1.59 bits per heavy atom. The highest BCUT2D eigenvalue weighted by atomic mass is 35.5. The number of aromatic nitrogens is 1. The molecule has 0 spiro atoms. The van der Waals surface area contributed by atoms with Gasteiger partial charge in [-0.2, -0.15) is 5.26 Å². The zero-order chi connectivity index (χ0) is 16.4. The quantitative estimate of drug-likeness (QED) is 0.936. The maximum Gasteiger partial charge on any atom is 0.308 e. The molecule has 1 N–H and O–H groups in total. The van der Waals surface area contributed by atoms with Gasteiger partial charge in [-0.05, 0) is 12.1 Å². The Bertz CT molecular complexity index is 788. The Morgan fingerprint density at radius 3 is 2.86 bits per heavy atom. The average Bonchev–Trinajstić information content (AvgIpc) is 2.49. The van der Waals surface area contributed by atoms with Crippen LogP contribution in [-0.4, -0.2) is 29.7 Å². The van der Waals surface area contributed by atoms with E-state index in [1.165, 1.54) is 18.3 Å². The number of anilines is 1. The Kier molecular flexibility index (Phi) is 4.48. The highest BCUT2D eigenvalue weighted by Crippen LogP contribution is 2.35. The van der Waals surface area contributed by atoms with E-state index in [1.54, 1.807) is 18.9 Å². The maximum absolute atomic E-state index is 13.9. The Balaban J connectivity index is 2.67. The van der Waals surface area contributed by atoms with Crippen LogP contribution in [0.1, 0.15) is 12.5 Å². The van der Waals surface area contributed by atoms with Crippen LogP contribution in [-0.2, 0) is 4.79 Å². The smallest absolute Gasteiger partial charge is 0.308 e. The summed E-state index contributed by atoms with van der Waals surface area (Å²) >= 11 is 6.15. The van der Waals surface area contributed by atoms with Gasteiger partial charge in [0.1, 0.15) is 17.4 Å². The third-order valence-corrected chi connectivity index (χ3v) is 3.68. The number of halogens is 2. The van der Waals surface area contributed by atoms with E-state index >= 15 is 0 Å². The molecule has 1 aromatic carbocycles. The van der Waals surface area contributed by atoms with Crippen molar-refractivity contribution >= 4 is 34.2 Å². The van der Waals surface area contributed by atoms with Crippen molar-refractivity contribution in [3.05, 3.63) is 34.7 Å². The molecule has 114 valence electrons. The van der Waals surface area contributed by atoms with Crippen molar-refractivity contribution in [3.8, 4) is 6.07 Å². The van der Waals surface area contributed by atoms with E-state index in [1.807, 2.05) is 6.07 Å². The van der Waals surface area contributed by atoms with Crippen molar-refractivity contribution < 1.29 is 14.3 Å². The van der Waals surface area contributed by atoms with Crippen LogP contribution in [0.3, 0.4) is 0 Å². The van der Waals surface area contributed by atoms with Crippen molar-refractivity contribution in [3.63, 3.8) is 0 Å². The summed E-state index contributed by atoms with van der Waals surface area (Å²) in [5.41, 5.74) is 0.640. The lowest BCUT2D eigenvalue weighted by atomic mass is 10.1. The second kappa shape index (κ2) is 6.16. The number of hydrogen-bond donors (Lipinski definition) is 1. The third kappa shape index (κ3) is 2.81. The number of pyridine rings is 1. The van der Waals surface area contributed by atoms with E-state index < -0.39 is 17.7 Å². The number of carboxylic acids is 1. The summed E-state index contributed by atoms with van der Waals surface area (Å²) in [7, 11) is 1.64. The lowest BCUT2D eigenvalue weighted by Crippen LogP contribution is -2.29. The predicted molar refractivity (Wildman–Crippen MR) is 81.5 cm³/mol. The fourth-order valence-electron chi connectivity index (χ4n) is 2.28. The molecule has 0 saturated carbocycles. The minimum atomic E-state index is -0.957. The maximum atomic E-state index is 13.9. The number of rotatable bonds is 4. The van der Waals surface area contributed by atoms with Crippen LogP contribution in [0, 0.1) is 23.1 Å². The summed E-state index contributed by atoms with van der Waals surface area (Å²) in [6.45, 7) is 1.70. The first kappa shape index (κ1) is 16.0. The van der Waals surface area contributed by atoms with E-state index in [9.17, 15) is 14.4 Å². The van der Waals surface area contributed by atoms with Gasteiger partial charge in [0.25, 0.3) is 0 Å². The minimum absolute atomic E-state index is 0.0522. The van der Waals surface area contributed by atoms with Gasteiger partial charge >= 0.3 is 5.97 Å². The summed E-state index contributed by atoms with van der Waals surface area (Å²) in [6, 6.07) is 4.58. The Morgan fingerprint density at radius 2 is 2.27 bits per heavy atom. The molecule has 1 atom stereocenters. The standard InChI is InChI=1S/C15H13ClFN3O2/c1-8(15(21)22)7-20(2)14-9(5-18)6-19-13-11(17)4-3-10(16)12(13)14/h3-4,6,8H,7H2,1-2H3,(H,21,22). The van der Waals surface area contributed by atoms with Gasteiger partial charge in [-0.1, -0.05) is 18.5 Å². The Hall–Kier alpha value is -2.39. The second-order valence-corrected chi connectivity index (χ2v) is 5.41. The largest absolute Gasteiger partial charge is 0.481 e. The van der Waals surface area contributed by atoms with Gasteiger partial charge < -0.3 is 10.0 Å². The number of benzene rings is 1. The lowest BCUT2D eigenvalue weighted by Gasteiger charge is -2.24. The third-order valence-electron chi connectivity index (χ3n) is 3.36. The van der Waals surface area contributed by atoms with Crippen LogP contribution in [0.2, 0.25) is 5.02 Å². The first-order valence-electron chi connectivity index (χ1n) is 6.47. The zero-order valence-corrected chi connectivity index (χ0v) is 12.7. The SMILES string of the molecule is CC(CN(C)c1c(C#N)cnc2c(F)ccc(Cl)c12)C(=O)O. The summed E-state index contributed by atoms with van der Waals surface area (Å²) in [6.07, 6.45) is 1.26. The molecule has 22 heavy (non-hydrogen) atoms. The van der Waals surface area contributed by atoms with E-state index in [4.69, 9.17) is 16.7 Å². The topological polar surface area (TPSA) is 77.2 Å². The molecule has 1 heterocycles. The van der Waals surface area contributed by atoms with Gasteiger partial charge in [-0.25, -0.2) is 4.39 Å². The van der Waals surface area contributed by atoms with Gasteiger partial charge in [0.05, 0.1) is 22.2 Å². The number of fused-ring (bicyclic) bond motifs is 1. The van der Waals surface area contributed by atoms with E-state index in [-0.39, 0.29) is 22.6 Å². The van der Waals surface area contributed by atoms with Crippen molar-refractivity contribution in [2.75, 3.05) is 18.5 Å². The second-order valence-electron chi connectivity index (χ2n) is 5.00. The van der Waals surface area contributed by atoms with Crippen LogP contribution >= 0.6 is 11.6 Å². The van der Waals surface area contributed by atoms with Crippen molar-refractivity contribution in [2.45, 2.75) is 6.92 Å². The molecule has 7 heteroatoms. The van der Waals surface area contributed by atoms with Gasteiger partial charge in [-0.3, -0.25) is 9.78 Å². The van der Waals surface area contributed by atoms with Crippen LogP contribution in [0.4, 0.5) is 10.1 Å². The average molecular weight is 322 g/mol. The first-order valence-corrected chi connectivity index (χ1v) is 6.85. The number of nitrogens with zero attached hydrogens (tertiary/aromatic N) is 3. The molecule has 0 aliphatic heterocycles. The molecule has 0 aliphatic rings. The monoisotopic (exact) mass is 321 g/mol. The number of carboxylic acid groups (broad SMARTS) is 1. The molecule has 2 aromatic rings. The highest BCUT2D eigenvalue weighted by molar-refractivity contribution is 6.36. The van der Waals surface area contributed by atoms with Crippen LogP contribution < -0.4 is 4.90 Å². The number of hydrogen-bond acceptors (Lipinski definition) is 4. The molecule has 5 nitrogen and oxygen atoms in total. The van der Waals surface area contributed by atoms with Gasteiger partial charge in [-0.15, -0.1) is 0 Å². The highest BCUT2D eigenvalue weighted by Gasteiger charge is 2.21. The van der Waals surface area contributed by atoms with Gasteiger partial charge in [0, 0.05) is 25.2 Å². The predicted octanol–water partition coefficient (Wildman–Crippen LogP) is 3.06. The van der Waals surface area contributed by atoms with E-state index in [0.29, 0.717) is 11.1 Å². The van der Waals surface area contributed by atoms with Crippen LogP contribution in [0.25, 0.3) is 10.9 Å². The minimum Gasteiger partial charge on any atom is -0.481 e. The molecule has 0 radical (unpaired) electrons. The molecule has 0 saturated heterocycles. The first-order chi connectivity index (χ1) is 10.4. The molecule has 0 amide bonds. The van der Waals surface area contributed by atoms with Crippen LogP contribution in [0.5, 0.6) is 0 Å². The molecule has 1 unspecified atom stereocenters. The van der Waals surface area contributed by atoms with E-state index in [0.717, 1.165) is 0 Å². The molecule has 0 aliphatic carbocycles. The Labute approximate surface area is 131 Å². The van der Waals surface area contributed by atoms with Crippen molar-refractivity contribution in [1.29, 1.82) is 5.26 Å². The summed E-state index contributed by atoms with van der Waals surface area (Å²) in [5.74, 6) is -2.17. The van der Waals surface area contributed by atoms with Crippen molar-refractivity contribution in [1.82, 2.24) is 4.98 Å². The molecule has 0 bridgehead atoms. The summed E-state index contributed by atoms with van der Waals surface area (Å²) in [4.78, 5) is 16.5. The normalized spacial score (nSPS) is 12.0. The summed E-state index contributed by atoms with van der Waals surface area (Å²) < 4.78 is 13.9. The summed E-state index contributed by atoms with van der Waals surface area (Å²) in [5, 5.41) is 18.8. The molecule has 2 rings (SSSR count). The van der Waals surface area contributed by atoms with E-state index in [2.05, 4.69) is 4.98 Å². The molecule has 1 aromatic heterocycles. The fourth-order valence-corrected chi connectivity index (χ4v) is 2.52. The lowest BCUT2D eigenvalue weighted by molar-refractivity contribution is -0.140. The van der Waals surface area contributed by atoms with Crippen molar-refractivity contribution in [2.24, 2.45) is 5.92 Å².